The van der Waals surface area contributed by atoms with Gasteiger partial charge >= 0.3 is 0 Å². The third kappa shape index (κ3) is 2.61. The van der Waals surface area contributed by atoms with Crippen molar-refractivity contribution in [1.29, 1.82) is 0 Å². The summed E-state index contributed by atoms with van der Waals surface area (Å²) in [6.45, 7) is 0. The van der Waals surface area contributed by atoms with Crippen molar-refractivity contribution in [3.8, 4) is 5.75 Å². The van der Waals surface area contributed by atoms with Gasteiger partial charge < -0.3 is 10.4 Å². The molecule has 1 amide bonds. The summed E-state index contributed by atoms with van der Waals surface area (Å²) in [5.41, 5.74) is -1.36. The van der Waals surface area contributed by atoms with Crippen LogP contribution in [0.5, 0.6) is 5.75 Å². The summed E-state index contributed by atoms with van der Waals surface area (Å²) in [6, 6.07) is 5.38. The number of benzene rings is 1. The van der Waals surface area contributed by atoms with Crippen molar-refractivity contribution in [3.05, 3.63) is 70.3 Å². The van der Waals surface area contributed by atoms with Gasteiger partial charge in [0.2, 0.25) is 0 Å². The molecule has 2 aromatic heterocycles. The number of fused-ring (bicyclic) bond motifs is 1. The molecule has 0 saturated carbocycles. The predicted octanol–water partition coefficient (Wildman–Crippen LogP) is 1.93. The van der Waals surface area contributed by atoms with Gasteiger partial charge in [-0.1, -0.05) is 0 Å². The average molecular weight is 317 g/mol. The molecule has 6 nitrogen and oxygen atoms in total. The summed E-state index contributed by atoms with van der Waals surface area (Å²) in [7, 11) is 0. The minimum absolute atomic E-state index is 0.0120. The van der Waals surface area contributed by atoms with Crippen molar-refractivity contribution in [2.45, 2.75) is 0 Å². The van der Waals surface area contributed by atoms with E-state index in [2.05, 4.69) is 10.3 Å². The second-order valence-corrected chi connectivity index (χ2v) is 4.64. The van der Waals surface area contributed by atoms with Crippen molar-refractivity contribution in [2.24, 2.45) is 0 Å². The number of anilines is 1. The Balaban J connectivity index is 2.01. The molecule has 0 fully saturated rings. The summed E-state index contributed by atoms with van der Waals surface area (Å²) >= 11 is 0. The smallest absolute Gasteiger partial charge is 0.270 e. The molecule has 0 aliphatic rings. The van der Waals surface area contributed by atoms with E-state index in [0.717, 1.165) is 22.7 Å². The number of aromatic hydroxyl groups is 1. The van der Waals surface area contributed by atoms with Gasteiger partial charge in [-0.2, -0.15) is 0 Å². The third-order valence-electron chi connectivity index (χ3n) is 3.14. The summed E-state index contributed by atoms with van der Waals surface area (Å²) in [4.78, 5) is 28.2. The van der Waals surface area contributed by atoms with Crippen LogP contribution in [0.25, 0.3) is 5.65 Å². The first-order valence-corrected chi connectivity index (χ1v) is 6.43. The van der Waals surface area contributed by atoms with Crippen LogP contribution < -0.4 is 10.9 Å². The van der Waals surface area contributed by atoms with Crippen LogP contribution in [0.2, 0.25) is 0 Å². The molecule has 0 atom stereocenters. The van der Waals surface area contributed by atoms with Gasteiger partial charge in [-0.25, -0.2) is 13.8 Å². The zero-order valence-electron chi connectivity index (χ0n) is 11.5. The highest BCUT2D eigenvalue weighted by Crippen LogP contribution is 2.16. The molecule has 3 aromatic rings. The lowest BCUT2D eigenvalue weighted by Crippen LogP contribution is -2.26. The number of amides is 1. The molecule has 0 saturated heterocycles. The minimum atomic E-state index is -0.968. The molecular weight excluding hydrogens is 308 g/mol. The molecule has 1 aromatic carbocycles. The van der Waals surface area contributed by atoms with E-state index >= 15 is 0 Å². The van der Waals surface area contributed by atoms with Crippen LogP contribution in [0.15, 0.2) is 47.5 Å². The van der Waals surface area contributed by atoms with Crippen LogP contribution in [0, 0.1) is 11.6 Å². The van der Waals surface area contributed by atoms with E-state index in [1.165, 1.54) is 18.3 Å². The molecule has 23 heavy (non-hydrogen) atoms. The van der Waals surface area contributed by atoms with E-state index in [4.69, 9.17) is 0 Å². The molecular formula is C15H9F2N3O3. The molecule has 2 N–H and O–H groups in total. The van der Waals surface area contributed by atoms with E-state index in [1.54, 1.807) is 0 Å². The Morgan fingerprint density at radius 1 is 1.26 bits per heavy atom. The summed E-state index contributed by atoms with van der Waals surface area (Å²) in [5, 5.41) is 11.8. The number of aromatic nitrogens is 2. The fraction of sp³-hybridized carbons (Fsp3) is 0. The van der Waals surface area contributed by atoms with Crippen LogP contribution in [0.3, 0.4) is 0 Å². The van der Waals surface area contributed by atoms with Gasteiger partial charge in [-0.15, -0.1) is 0 Å². The number of nitrogens with zero attached hydrogens (tertiary/aromatic N) is 2. The Bertz CT molecular complexity index is 985. The Hall–Kier alpha value is -3.29. The van der Waals surface area contributed by atoms with Gasteiger partial charge in [-0.3, -0.25) is 14.0 Å². The van der Waals surface area contributed by atoms with Crippen LogP contribution in [-0.2, 0) is 0 Å². The van der Waals surface area contributed by atoms with Crippen molar-refractivity contribution in [3.63, 3.8) is 0 Å². The summed E-state index contributed by atoms with van der Waals surface area (Å²) < 4.78 is 27.4. The fourth-order valence-electron chi connectivity index (χ4n) is 2.03. The summed E-state index contributed by atoms with van der Waals surface area (Å²) in [5.74, 6) is -2.87. The highest BCUT2D eigenvalue weighted by molar-refractivity contribution is 6.04. The van der Waals surface area contributed by atoms with Gasteiger partial charge in [0, 0.05) is 18.5 Å². The van der Waals surface area contributed by atoms with Gasteiger partial charge in [0.25, 0.3) is 11.5 Å². The lowest BCUT2D eigenvalue weighted by molar-refractivity contribution is 0.102. The summed E-state index contributed by atoms with van der Waals surface area (Å²) in [6.07, 6.45) is 2.31. The SMILES string of the molecule is O=C(Nc1ccc(F)cc1F)c1cnc2c(O)cccn2c1=O. The monoisotopic (exact) mass is 317 g/mol. The Labute approximate surface area is 127 Å². The molecule has 0 aliphatic heterocycles. The van der Waals surface area contributed by atoms with E-state index in [9.17, 15) is 23.5 Å². The molecule has 116 valence electrons. The first kappa shape index (κ1) is 14.6. The molecule has 0 aliphatic carbocycles. The van der Waals surface area contributed by atoms with Crippen LogP contribution in [0.4, 0.5) is 14.5 Å². The van der Waals surface area contributed by atoms with E-state index < -0.39 is 23.1 Å². The number of nitrogens with one attached hydrogen (secondary N) is 1. The lowest BCUT2D eigenvalue weighted by Gasteiger charge is -2.07. The molecule has 2 heterocycles. The maximum atomic E-state index is 13.5. The number of rotatable bonds is 2. The third-order valence-corrected chi connectivity index (χ3v) is 3.14. The number of hydrogen-bond acceptors (Lipinski definition) is 4. The molecule has 0 spiro atoms. The van der Waals surface area contributed by atoms with Crippen molar-refractivity contribution in [2.75, 3.05) is 5.32 Å². The van der Waals surface area contributed by atoms with E-state index in [-0.39, 0.29) is 22.6 Å². The normalized spacial score (nSPS) is 10.7. The van der Waals surface area contributed by atoms with Crippen LogP contribution in [-0.4, -0.2) is 20.4 Å². The maximum Gasteiger partial charge on any atom is 0.270 e. The number of pyridine rings is 1. The Morgan fingerprint density at radius 3 is 2.78 bits per heavy atom. The van der Waals surface area contributed by atoms with E-state index in [1.807, 2.05) is 0 Å². The van der Waals surface area contributed by atoms with Crippen molar-refractivity contribution < 1.29 is 18.7 Å². The standard InChI is InChI=1S/C15H9F2N3O3/c16-8-3-4-11(10(17)6-8)19-14(22)9-7-18-13-12(21)2-1-5-20(13)15(9)23/h1-7,21H,(H,19,22). The second kappa shape index (κ2) is 5.48. The first-order valence-electron chi connectivity index (χ1n) is 6.43. The molecule has 3 rings (SSSR count). The number of halogens is 2. The highest BCUT2D eigenvalue weighted by Gasteiger charge is 2.16. The van der Waals surface area contributed by atoms with E-state index in [0.29, 0.717) is 6.07 Å². The van der Waals surface area contributed by atoms with Crippen LogP contribution in [0.1, 0.15) is 10.4 Å². The quantitative estimate of drug-likeness (QED) is 0.756. The molecule has 0 radical (unpaired) electrons. The fourth-order valence-corrected chi connectivity index (χ4v) is 2.03. The van der Waals surface area contributed by atoms with Gasteiger partial charge in [0.15, 0.2) is 11.4 Å². The van der Waals surface area contributed by atoms with Crippen LogP contribution >= 0.6 is 0 Å². The first-order chi connectivity index (χ1) is 11.0. The second-order valence-electron chi connectivity index (χ2n) is 4.64. The number of hydrogen-bond donors (Lipinski definition) is 2. The zero-order chi connectivity index (χ0) is 16.6. The minimum Gasteiger partial charge on any atom is -0.504 e. The molecule has 8 heteroatoms. The number of carbonyl (C=O) groups is 1. The van der Waals surface area contributed by atoms with Gasteiger partial charge in [-0.05, 0) is 24.3 Å². The van der Waals surface area contributed by atoms with Gasteiger partial charge in [0.1, 0.15) is 17.2 Å². The highest BCUT2D eigenvalue weighted by atomic mass is 19.1. The molecule has 0 bridgehead atoms. The zero-order valence-corrected chi connectivity index (χ0v) is 11.5. The topological polar surface area (TPSA) is 83.7 Å². The molecule has 0 unspecified atom stereocenters. The van der Waals surface area contributed by atoms with Crippen molar-refractivity contribution >= 4 is 17.2 Å². The van der Waals surface area contributed by atoms with Crippen molar-refractivity contribution in [1.82, 2.24) is 9.38 Å². The average Bonchev–Trinajstić information content (AvgIpc) is 2.51. The predicted molar refractivity (Wildman–Crippen MR) is 77.4 cm³/mol. The largest absolute Gasteiger partial charge is 0.504 e. The number of carbonyl (C=O) groups excluding carboxylic acids is 1. The lowest BCUT2D eigenvalue weighted by atomic mass is 10.2. The maximum absolute atomic E-state index is 13.5. The Kier molecular flexibility index (Phi) is 3.49. The van der Waals surface area contributed by atoms with Gasteiger partial charge in [0.05, 0.1) is 5.69 Å². The Morgan fingerprint density at radius 2 is 2.04 bits per heavy atom.